The minimum Gasteiger partial charge on any atom is -0.477 e. The Morgan fingerprint density at radius 2 is 2.19 bits per heavy atom. The Bertz CT molecular complexity index is 398. The molecule has 7 heteroatoms. The largest absolute Gasteiger partial charge is 0.477 e. The lowest BCUT2D eigenvalue weighted by Crippen LogP contribution is -2.14. The lowest BCUT2D eigenvalue weighted by atomic mass is 10.2. The zero-order valence-electron chi connectivity index (χ0n) is 8.75. The highest BCUT2D eigenvalue weighted by Crippen LogP contribution is 2.29. The number of nitrogens with zero attached hydrogens (tertiary/aromatic N) is 2. The molecule has 0 saturated heterocycles. The van der Waals surface area contributed by atoms with Crippen LogP contribution >= 0.6 is 0 Å². The van der Waals surface area contributed by atoms with Crippen molar-refractivity contribution in [1.82, 2.24) is 9.78 Å². The predicted molar refractivity (Wildman–Crippen MR) is 49.2 cm³/mol. The van der Waals surface area contributed by atoms with Gasteiger partial charge in [-0.15, -0.1) is 0 Å². The molecule has 0 amide bonds. The van der Waals surface area contributed by atoms with Crippen molar-refractivity contribution in [2.45, 2.75) is 32.5 Å². The molecule has 0 saturated carbocycles. The van der Waals surface area contributed by atoms with Gasteiger partial charge in [0.05, 0.1) is 0 Å². The smallest absolute Gasteiger partial charge is 0.435 e. The Balaban J connectivity index is 3.26. The molecule has 1 N–H and O–H groups in total. The summed E-state index contributed by atoms with van der Waals surface area (Å²) in [5.74, 6) is -1.41. The Labute approximate surface area is 89.7 Å². The first-order valence-electron chi connectivity index (χ1n) is 4.67. The highest BCUT2D eigenvalue weighted by molar-refractivity contribution is 5.85. The second kappa shape index (κ2) is 4.15. The van der Waals surface area contributed by atoms with Crippen LogP contribution in [0.5, 0.6) is 0 Å². The maximum absolute atomic E-state index is 12.3. The highest BCUT2D eigenvalue weighted by atomic mass is 19.4. The Kier molecular flexibility index (Phi) is 3.25. The fourth-order valence-corrected chi connectivity index (χ4v) is 1.20. The van der Waals surface area contributed by atoms with Crippen LogP contribution in [0.2, 0.25) is 0 Å². The summed E-state index contributed by atoms with van der Waals surface area (Å²) in [4.78, 5) is 10.8. The van der Waals surface area contributed by atoms with Crippen LogP contribution in [0.25, 0.3) is 0 Å². The van der Waals surface area contributed by atoms with Gasteiger partial charge in [-0.25, -0.2) is 4.79 Å². The third-order valence-corrected chi connectivity index (χ3v) is 2.25. The summed E-state index contributed by atoms with van der Waals surface area (Å²) in [6.45, 7) is 3.35. The van der Waals surface area contributed by atoms with Gasteiger partial charge >= 0.3 is 12.1 Å². The quantitative estimate of drug-likeness (QED) is 0.877. The van der Waals surface area contributed by atoms with Crippen molar-refractivity contribution in [2.24, 2.45) is 0 Å². The van der Waals surface area contributed by atoms with Crippen LogP contribution in [0.15, 0.2) is 6.07 Å². The van der Waals surface area contributed by atoms with E-state index in [1.165, 1.54) is 0 Å². The van der Waals surface area contributed by atoms with Gasteiger partial charge in [0.15, 0.2) is 5.69 Å². The fourth-order valence-electron chi connectivity index (χ4n) is 1.20. The number of hydrogen-bond acceptors (Lipinski definition) is 2. The molecule has 1 rings (SSSR count). The van der Waals surface area contributed by atoms with E-state index < -0.39 is 23.5 Å². The standard InChI is InChI=1S/C9H11F3N2O2/c1-3-5(2)14-6(8(15)16)4-7(13-14)9(10,11)12/h4-5H,3H2,1-2H3,(H,15,16). The molecule has 0 aliphatic carbocycles. The summed E-state index contributed by atoms with van der Waals surface area (Å²) in [5, 5.41) is 12.0. The average molecular weight is 236 g/mol. The zero-order valence-corrected chi connectivity index (χ0v) is 8.75. The lowest BCUT2D eigenvalue weighted by Gasteiger charge is -2.11. The second-order valence-corrected chi connectivity index (χ2v) is 3.42. The number of carboxylic acid groups (broad SMARTS) is 1. The molecule has 0 bridgehead atoms. The highest BCUT2D eigenvalue weighted by Gasteiger charge is 2.36. The predicted octanol–water partition coefficient (Wildman–Crippen LogP) is 2.57. The zero-order chi connectivity index (χ0) is 12.5. The van der Waals surface area contributed by atoms with Crippen molar-refractivity contribution >= 4 is 5.97 Å². The summed E-state index contributed by atoms with van der Waals surface area (Å²) in [5.41, 5.74) is -1.62. The van der Waals surface area contributed by atoms with Crippen molar-refractivity contribution in [3.05, 3.63) is 17.5 Å². The van der Waals surface area contributed by atoms with E-state index in [-0.39, 0.29) is 6.04 Å². The van der Waals surface area contributed by atoms with Gasteiger partial charge < -0.3 is 5.11 Å². The number of hydrogen-bond donors (Lipinski definition) is 1. The number of alkyl halides is 3. The number of rotatable bonds is 3. The van der Waals surface area contributed by atoms with Crippen molar-refractivity contribution in [3.63, 3.8) is 0 Å². The summed E-state index contributed by atoms with van der Waals surface area (Å²) in [6.07, 6.45) is -4.12. The molecule has 4 nitrogen and oxygen atoms in total. The van der Waals surface area contributed by atoms with Crippen LogP contribution in [0.4, 0.5) is 13.2 Å². The van der Waals surface area contributed by atoms with Gasteiger partial charge in [0.25, 0.3) is 0 Å². The van der Waals surface area contributed by atoms with Crippen LogP contribution in [-0.4, -0.2) is 20.9 Å². The first kappa shape index (κ1) is 12.5. The SMILES string of the molecule is CCC(C)n1nc(C(F)(F)F)cc1C(=O)O. The van der Waals surface area contributed by atoms with E-state index in [0.29, 0.717) is 12.5 Å². The fraction of sp³-hybridized carbons (Fsp3) is 0.556. The monoisotopic (exact) mass is 236 g/mol. The number of carboxylic acids is 1. The molecular formula is C9H11F3N2O2. The van der Waals surface area contributed by atoms with Crippen molar-refractivity contribution in [1.29, 1.82) is 0 Å². The number of halogens is 3. The van der Waals surface area contributed by atoms with Crippen molar-refractivity contribution in [3.8, 4) is 0 Å². The van der Waals surface area contributed by atoms with Crippen molar-refractivity contribution in [2.75, 3.05) is 0 Å². The van der Waals surface area contributed by atoms with E-state index in [0.717, 1.165) is 4.68 Å². The molecule has 16 heavy (non-hydrogen) atoms. The van der Waals surface area contributed by atoms with Gasteiger partial charge in [-0.1, -0.05) is 6.92 Å². The van der Waals surface area contributed by atoms with Gasteiger partial charge in [0.2, 0.25) is 0 Å². The molecule has 0 aromatic carbocycles. The van der Waals surface area contributed by atoms with Crippen LogP contribution in [0.3, 0.4) is 0 Å². The molecular weight excluding hydrogens is 225 g/mol. The van der Waals surface area contributed by atoms with Crippen LogP contribution in [0.1, 0.15) is 42.5 Å². The molecule has 0 radical (unpaired) electrons. The molecule has 0 spiro atoms. The van der Waals surface area contributed by atoms with Gasteiger partial charge in [-0.3, -0.25) is 4.68 Å². The third-order valence-electron chi connectivity index (χ3n) is 2.25. The molecule has 1 unspecified atom stereocenters. The number of aromatic nitrogens is 2. The normalized spacial score (nSPS) is 13.8. The average Bonchev–Trinajstić information content (AvgIpc) is 2.60. The summed E-state index contributed by atoms with van der Waals surface area (Å²) in [7, 11) is 0. The molecule has 0 aliphatic rings. The molecule has 90 valence electrons. The van der Waals surface area contributed by atoms with Crippen molar-refractivity contribution < 1.29 is 23.1 Å². The molecule has 1 aromatic rings. The van der Waals surface area contributed by atoms with Gasteiger partial charge in [0, 0.05) is 12.1 Å². The first-order chi connectivity index (χ1) is 7.27. The van der Waals surface area contributed by atoms with E-state index in [9.17, 15) is 18.0 Å². The summed E-state index contributed by atoms with van der Waals surface area (Å²) >= 11 is 0. The number of aromatic carboxylic acids is 1. The Morgan fingerprint density at radius 1 is 1.62 bits per heavy atom. The molecule has 1 heterocycles. The maximum atomic E-state index is 12.3. The molecule has 0 fully saturated rings. The van der Waals surface area contributed by atoms with E-state index in [2.05, 4.69) is 5.10 Å². The van der Waals surface area contributed by atoms with Gasteiger partial charge in [-0.2, -0.15) is 18.3 Å². The van der Waals surface area contributed by atoms with E-state index in [1.54, 1.807) is 13.8 Å². The van der Waals surface area contributed by atoms with Crippen LogP contribution < -0.4 is 0 Å². The minimum absolute atomic E-state index is 0.387. The third kappa shape index (κ3) is 2.34. The van der Waals surface area contributed by atoms with Gasteiger partial charge in [-0.05, 0) is 13.3 Å². The van der Waals surface area contributed by atoms with Crippen LogP contribution in [-0.2, 0) is 6.18 Å². The molecule has 0 aliphatic heterocycles. The van der Waals surface area contributed by atoms with E-state index in [4.69, 9.17) is 5.11 Å². The Morgan fingerprint density at radius 3 is 2.56 bits per heavy atom. The van der Waals surface area contributed by atoms with E-state index >= 15 is 0 Å². The van der Waals surface area contributed by atoms with Crippen LogP contribution in [0, 0.1) is 0 Å². The van der Waals surface area contributed by atoms with E-state index in [1.807, 2.05) is 0 Å². The maximum Gasteiger partial charge on any atom is 0.435 e. The summed E-state index contributed by atoms with van der Waals surface area (Å²) < 4.78 is 37.9. The second-order valence-electron chi connectivity index (χ2n) is 3.42. The number of carbonyl (C=O) groups is 1. The summed E-state index contributed by atoms with van der Waals surface area (Å²) in [6, 6.07) is 0.163. The molecule has 1 atom stereocenters. The van der Waals surface area contributed by atoms with Gasteiger partial charge in [0.1, 0.15) is 5.69 Å². The lowest BCUT2D eigenvalue weighted by molar-refractivity contribution is -0.141. The topological polar surface area (TPSA) is 55.1 Å². The Hall–Kier alpha value is -1.53. The minimum atomic E-state index is -4.62. The molecule has 1 aromatic heterocycles. The first-order valence-corrected chi connectivity index (χ1v) is 4.67.